The third-order valence-electron chi connectivity index (χ3n) is 1.27. The number of rotatable bonds is 3. The fourth-order valence-electron chi connectivity index (χ4n) is 0.754. The van der Waals surface area contributed by atoms with Crippen LogP contribution in [0.3, 0.4) is 0 Å². The molecule has 0 amide bonds. The van der Waals surface area contributed by atoms with Crippen LogP contribution in [0.15, 0.2) is 29.4 Å². The fraction of sp³-hybridized carbons (Fsp3) is 0.500. The number of hydrogen-bond donors (Lipinski definition) is 0. The molecular formula is C10H17N. The third-order valence-corrected chi connectivity index (χ3v) is 1.27. The summed E-state index contributed by atoms with van der Waals surface area (Å²) in [5.41, 5.74) is 2.37. The van der Waals surface area contributed by atoms with E-state index in [9.17, 15) is 0 Å². The van der Waals surface area contributed by atoms with Gasteiger partial charge in [0.1, 0.15) is 0 Å². The Labute approximate surface area is 69.5 Å². The van der Waals surface area contributed by atoms with E-state index in [4.69, 9.17) is 0 Å². The lowest BCUT2D eigenvalue weighted by molar-refractivity contribution is 0.887. The molecule has 0 atom stereocenters. The highest BCUT2D eigenvalue weighted by molar-refractivity contribution is 5.97. The molecule has 0 spiro atoms. The SMILES string of the molecule is C=CN=C(C=C(C)C)C(C)C. The normalized spacial score (nSPS) is 11.5. The summed E-state index contributed by atoms with van der Waals surface area (Å²) in [6.07, 6.45) is 3.68. The number of aliphatic imine (C=N–C) groups is 1. The number of hydrogen-bond acceptors (Lipinski definition) is 1. The maximum absolute atomic E-state index is 4.17. The lowest BCUT2D eigenvalue weighted by Gasteiger charge is -2.03. The van der Waals surface area contributed by atoms with Gasteiger partial charge in [-0.3, -0.25) is 4.99 Å². The Balaban J connectivity index is 4.49. The summed E-state index contributed by atoms with van der Waals surface area (Å²) >= 11 is 0. The molecule has 0 fully saturated rings. The molecule has 0 saturated carbocycles. The molecule has 0 aliphatic rings. The first-order chi connectivity index (χ1) is 5.07. The molecule has 1 nitrogen and oxygen atoms in total. The van der Waals surface area contributed by atoms with E-state index < -0.39 is 0 Å². The highest BCUT2D eigenvalue weighted by atomic mass is 14.7. The quantitative estimate of drug-likeness (QED) is 0.549. The molecule has 0 bridgehead atoms. The zero-order valence-electron chi connectivity index (χ0n) is 7.89. The number of nitrogens with zero attached hydrogens (tertiary/aromatic N) is 1. The van der Waals surface area contributed by atoms with Gasteiger partial charge >= 0.3 is 0 Å². The molecule has 0 rings (SSSR count). The molecule has 62 valence electrons. The maximum Gasteiger partial charge on any atom is 0.0428 e. The highest BCUT2D eigenvalue weighted by Crippen LogP contribution is 2.02. The van der Waals surface area contributed by atoms with Crippen molar-refractivity contribution in [1.29, 1.82) is 0 Å². The second-order valence-corrected chi connectivity index (χ2v) is 3.11. The van der Waals surface area contributed by atoms with Crippen LogP contribution in [0, 0.1) is 5.92 Å². The van der Waals surface area contributed by atoms with Crippen LogP contribution in [0.4, 0.5) is 0 Å². The third kappa shape index (κ3) is 4.54. The highest BCUT2D eigenvalue weighted by Gasteiger charge is 1.99. The van der Waals surface area contributed by atoms with E-state index >= 15 is 0 Å². The summed E-state index contributed by atoms with van der Waals surface area (Å²) < 4.78 is 0. The first kappa shape index (κ1) is 10.2. The first-order valence-electron chi connectivity index (χ1n) is 3.91. The van der Waals surface area contributed by atoms with Gasteiger partial charge in [-0.25, -0.2) is 0 Å². The summed E-state index contributed by atoms with van der Waals surface area (Å²) in [5, 5.41) is 0. The minimum Gasteiger partial charge on any atom is -0.262 e. The molecule has 11 heavy (non-hydrogen) atoms. The van der Waals surface area contributed by atoms with Crippen LogP contribution < -0.4 is 0 Å². The first-order valence-corrected chi connectivity index (χ1v) is 3.91. The molecule has 0 aliphatic heterocycles. The molecule has 0 heterocycles. The lowest BCUT2D eigenvalue weighted by atomic mass is 10.1. The number of allylic oxidation sites excluding steroid dienone is 2. The van der Waals surface area contributed by atoms with E-state index in [1.54, 1.807) is 6.20 Å². The van der Waals surface area contributed by atoms with Gasteiger partial charge in [0.2, 0.25) is 0 Å². The van der Waals surface area contributed by atoms with Gasteiger partial charge in [-0.1, -0.05) is 26.0 Å². The summed E-state index contributed by atoms with van der Waals surface area (Å²) in [4.78, 5) is 4.17. The van der Waals surface area contributed by atoms with Crippen molar-refractivity contribution in [1.82, 2.24) is 0 Å². The Morgan fingerprint density at radius 1 is 1.36 bits per heavy atom. The Bertz CT molecular complexity index is 181. The van der Waals surface area contributed by atoms with Crippen LogP contribution in [0.2, 0.25) is 0 Å². The zero-order valence-corrected chi connectivity index (χ0v) is 7.89. The van der Waals surface area contributed by atoms with Crippen molar-refractivity contribution in [2.75, 3.05) is 0 Å². The molecule has 0 aromatic heterocycles. The largest absolute Gasteiger partial charge is 0.262 e. The van der Waals surface area contributed by atoms with Gasteiger partial charge in [-0.2, -0.15) is 0 Å². The Morgan fingerprint density at radius 3 is 2.18 bits per heavy atom. The van der Waals surface area contributed by atoms with Gasteiger partial charge in [-0.15, -0.1) is 0 Å². The average molecular weight is 151 g/mol. The van der Waals surface area contributed by atoms with Crippen LogP contribution in [-0.2, 0) is 0 Å². The minimum absolute atomic E-state index is 0.475. The summed E-state index contributed by atoms with van der Waals surface area (Å²) in [7, 11) is 0. The molecule has 1 heteroatoms. The van der Waals surface area contributed by atoms with Crippen molar-refractivity contribution in [2.45, 2.75) is 27.7 Å². The summed E-state index contributed by atoms with van der Waals surface area (Å²) in [6.45, 7) is 12.0. The van der Waals surface area contributed by atoms with Crippen molar-refractivity contribution in [3.05, 3.63) is 24.4 Å². The van der Waals surface area contributed by atoms with Gasteiger partial charge in [0.05, 0.1) is 0 Å². The molecule has 0 radical (unpaired) electrons. The van der Waals surface area contributed by atoms with Crippen molar-refractivity contribution < 1.29 is 0 Å². The van der Waals surface area contributed by atoms with Crippen LogP contribution in [0.1, 0.15) is 27.7 Å². The van der Waals surface area contributed by atoms with Gasteiger partial charge in [0, 0.05) is 11.9 Å². The van der Waals surface area contributed by atoms with Gasteiger partial charge in [0.25, 0.3) is 0 Å². The van der Waals surface area contributed by atoms with Crippen molar-refractivity contribution >= 4 is 5.71 Å². The van der Waals surface area contributed by atoms with E-state index in [0.29, 0.717) is 5.92 Å². The van der Waals surface area contributed by atoms with Gasteiger partial charge in [0.15, 0.2) is 0 Å². The van der Waals surface area contributed by atoms with Crippen molar-refractivity contribution in [3.8, 4) is 0 Å². The van der Waals surface area contributed by atoms with Crippen LogP contribution in [0.5, 0.6) is 0 Å². The molecule has 0 N–H and O–H groups in total. The molecule has 0 unspecified atom stereocenters. The maximum atomic E-state index is 4.17. The van der Waals surface area contributed by atoms with E-state index in [1.807, 2.05) is 0 Å². The average Bonchev–Trinajstić information content (AvgIpc) is 1.86. The Kier molecular flexibility index (Phi) is 4.51. The predicted octanol–water partition coefficient (Wildman–Crippen LogP) is 3.19. The van der Waals surface area contributed by atoms with Crippen LogP contribution >= 0.6 is 0 Å². The van der Waals surface area contributed by atoms with Gasteiger partial charge < -0.3 is 0 Å². The van der Waals surface area contributed by atoms with Gasteiger partial charge in [-0.05, 0) is 25.8 Å². The molecule has 0 aliphatic carbocycles. The minimum atomic E-state index is 0.475. The molecule has 0 aromatic carbocycles. The monoisotopic (exact) mass is 151 g/mol. The molecule has 0 aromatic rings. The van der Waals surface area contributed by atoms with Crippen LogP contribution in [0.25, 0.3) is 0 Å². The van der Waals surface area contributed by atoms with E-state index in [-0.39, 0.29) is 0 Å². The Hall–Kier alpha value is -0.850. The smallest absolute Gasteiger partial charge is 0.0428 e. The summed E-state index contributed by atoms with van der Waals surface area (Å²) in [5.74, 6) is 0.475. The second-order valence-electron chi connectivity index (χ2n) is 3.11. The lowest BCUT2D eigenvalue weighted by Crippen LogP contribution is -2.03. The van der Waals surface area contributed by atoms with E-state index in [1.165, 1.54) is 5.57 Å². The Morgan fingerprint density at radius 2 is 1.91 bits per heavy atom. The molecule has 0 saturated heterocycles. The van der Waals surface area contributed by atoms with E-state index in [2.05, 4.69) is 45.3 Å². The topological polar surface area (TPSA) is 12.4 Å². The van der Waals surface area contributed by atoms with E-state index in [0.717, 1.165) is 5.71 Å². The van der Waals surface area contributed by atoms with Crippen molar-refractivity contribution in [2.24, 2.45) is 10.9 Å². The fourth-order valence-corrected chi connectivity index (χ4v) is 0.754. The predicted molar refractivity (Wildman–Crippen MR) is 51.9 cm³/mol. The van der Waals surface area contributed by atoms with Crippen LogP contribution in [-0.4, -0.2) is 5.71 Å². The summed E-state index contributed by atoms with van der Waals surface area (Å²) in [6, 6.07) is 0. The zero-order chi connectivity index (χ0) is 8.85. The second kappa shape index (κ2) is 4.89. The van der Waals surface area contributed by atoms with Crippen molar-refractivity contribution in [3.63, 3.8) is 0 Å². The standard InChI is InChI=1S/C10H17N/c1-6-11-10(9(4)5)7-8(2)3/h6-7,9H,1H2,2-5H3. The molecular weight excluding hydrogens is 134 g/mol.